The molecule has 0 aliphatic carbocycles. The van der Waals surface area contributed by atoms with E-state index in [1.807, 2.05) is 36.4 Å². The Kier molecular flexibility index (Phi) is 4.63. The Labute approximate surface area is 139 Å². The van der Waals surface area contributed by atoms with Gasteiger partial charge >= 0.3 is 0 Å². The van der Waals surface area contributed by atoms with Crippen LogP contribution in [0.4, 0.5) is 0 Å². The Bertz CT molecular complexity index is 654. The van der Waals surface area contributed by atoms with Gasteiger partial charge in [-0.25, -0.2) is 0 Å². The number of hydrogen-bond donors (Lipinski definition) is 0. The topological polar surface area (TPSA) is 9.23 Å². The second-order valence-corrected chi connectivity index (χ2v) is 6.38. The van der Waals surface area contributed by atoms with E-state index in [0.29, 0.717) is 5.88 Å². The average Bonchev–Trinajstić information content (AvgIpc) is 2.93. The molecule has 0 fully saturated rings. The molecule has 21 heavy (non-hydrogen) atoms. The molecule has 1 unspecified atom stereocenters. The molecule has 0 bridgehead atoms. The molecule has 2 aromatic rings. The Morgan fingerprint density at radius 3 is 2.71 bits per heavy atom. The predicted octanol–water partition coefficient (Wildman–Crippen LogP) is 5.49. The van der Waals surface area contributed by atoms with Crippen molar-refractivity contribution in [2.45, 2.75) is 18.8 Å². The van der Waals surface area contributed by atoms with Gasteiger partial charge in [0.15, 0.2) is 0 Å². The molecule has 1 aliphatic rings. The largest absolute Gasteiger partial charge is 0.493 e. The maximum Gasteiger partial charge on any atom is 0.125 e. The van der Waals surface area contributed by atoms with Crippen molar-refractivity contribution in [3.05, 3.63) is 63.1 Å². The zero-order chi connectivity index (χ0) is 14.8. The van der Waals surface area contributed by atoms with Crippen LogP contribution < -0.4 is 4.74 Å². The van der Waals surface area contributed by atoms with Crippen molar-refractivity contribution in [3.63, 3.8) is 0 Å². The quantitative estimate of drug-likeness (QED) is 0.668. The average molecular weight is 342 g/mol. The van der Waals surface area contributed by atoms with Gasteiger partial charge in [-0.05, 0) is 41.3 Å². The van der Waals surface area contributed by atoms with Crippen molar-refractivity contribution in [2.24, 2.45) is 0 Å². The van der Waals surface area contributed by atoms with E-state index in [1.54, 1.807) is 0 Å². The molecule has 2 aromatic carbocycles. The summed E-state index contributed by atoms with van der Waals surface area (Å²) < 4.78 is 5.76. The van der Waals surface area contributed by atoms with Crippen LogP contribution in [0.5, 0.6) is 5.75 Å². The van der Waals surface area contributed by atoms with E-state index < -0.39 is 0 Å². The SMILES string of the molecule is ClCC(Cc1cc(Cl)cc2c1OCC2)c1ccccc1Cl. The van der Waals surface area contributed by atoms with Crippen LogP contribution in [0.25, 0.3) is 0 Å². The van der Waals surface area contributed by atoms with Crippen LogP contribution in [0.2, 0.25) is 10.0 Å². The third kappa shape index (κ3) is 3.15. The maximum absolute atomic E-state index is 6.30. The van der Waals surface area contributed by atoms with Gasteiger partial charge in [-0.2, -0.15) is 0 Å². The number of ether oxygens (including phenoxy) is 1. The van der Waals surface area contributed by atoms with E-state index in [1.165, 1.54) is 5.56 Å². The lowest BCUT2D eigenvalue weighted by Gasteiger charge is -2.18. The fourth-order valence-electron chi connectivity index (χ4n) is 2.82. The summed E-state index contributed by atoms with van der Waals surface area (Å²) in [5.41, 5.74) is 3.37. The number of rotatable bonds is 4. The fourth-order valence-corrected chi connectivity index (χ4v) is 3.65. The van der Waals surface area contributed by atoms with E-state index >= 15 is 0 Å². The van der Waals surface area contributed by atoms with Gasteiger partial charge in [0.2, 0.25) is 0 Å². The number of benzene rings is 2. The van der Waals surface area contributed by atoms with Gasteiger partial charge < -0.3 is 4.74 Å². The summed E-state index contributed by atoms with van der Waals surface area (Å²) in [5, 5.41) is 1.50. The van der Waals surface area contributed by atoms with Crippen LogP contribution in [-0.4, -0.2) is 12.5 Å². The van der Waals surface area contributed by atoms with Crippen LogP contribution in [0, 0.1) is 0 Å². The first kappa shape index (κ1) is 15.0. The van der Waals surface area contributed by atoms with E-state index in [9.17, 15) is 0 Å². The van der Waals surface area contributed by atoms with Gasteiger partial charge in [0.1, 0.15) is 5.75 Å². The summed E-state index contributed by atoms with van der Waals surface area (Å²) in [7, 11) is 0. The predicted molar refractivity (Wildman–Crippen MR) is 89.3 cm³/mol. The molecule has 0 amide bonds. The van der Waals surface area contributed by atoms with Crippen LogP contribution in [0.15, 0.2) is 36.4 Å². The minimum atomic E-state index is 0.145. The lowest BCUT2D eigenvalue weighted by atomic mass is 9.92. The first-order valence-corrected chi connectivity index (χ1v) is 8.22. The van der Waals surface area contributed by atoms with Crippen molar-refractivity contribution in [1.29, 1.82) is 0 Å². The Balaban J connectivity index is 1.94. The van der Waals surface area contributed by atoms with Crippen molar-refractivity contribution >= 4 is 34.8 Å². The number of halogens is 3. The zero-order valence-electron chi connectivity index (χ0n) is 11.4. The molecule has 0 spiro atoms. The van der Waals surface area contributed by atoms with Gasteiger partial charge in [-0.1, -0.05) is 41.4 Å². The van der Waals surface area contributed by atoms with E-state index in [0.717, 1.165) is 46.4 Å². The van der Waals surface area contributed by atoms with E-state index in [-0.39, 0.29) is 5.92 Å². The number of hydrogen-bond acceptors (Lipinski definition) is 1. The molecule has 1 heterocycles. The Hall–Kier alpha value is -0.890. The summed E-state index contributed by atoms with van der Waals surface area (Å²) >= 11 is 18.7. The third-order valence-corrected chi connectivity index (χ3v) is 4.76. The molecular formula is C17H15Cl3O. The molecule has 0 N–H and O–H groups in total. The van der Waals surface area contributed by atoms with Crippen molar-refractivity contribution in [3.8, 4) is 5.75 Å². The summed E-state index contributed by atoms with van der Waals surface area (Å²) in [6.07, 6.45) is 1.69. The van der Waals surface area contributed by atoms with Crippen LogP contribution in [0.3, 0.4) is 0 Å². The highest BCUT2D eigenvalue weighted by atomic mass is 35.5. The molecule has 0 saturated carbocycles. The van der Waals surface area contributed by atoms with Gasteiger partial charge in [0, 0.05) is 28.3 Å². The normalized spacial score (nSPS) is 14.6. The molecule has 1 atom stereocenters. The molecule has 3 rings (SSSR count). The lowest BCUT2D eigenvalue weighted by molar-refractivity contribution is 0.353. The number of alkyl halides is 1. The zero-order valence-corrected chi connectivity index (χ0v) is 13.7. The monoisotopic (exact) mass is 340 g/mol. The van der Waals surface area contributed by atoms with Gasteiger partial charge in [0.25, 0.3) is 0 Å². The van der Waals surface area contributed by atoms with Crippen LogP contribution in [0.1, 0.15) is 22.6 Å². The van der Waals surface area contributed by atoms with Gasteiger partial charge in [0.05, 0.1) is 6.61 Å². The molecule has 1 aliphatic heterocycles. The van der Waals surface area contributed by atoms with Crippen LogP contribution in [-0.2, 0) is 12.8 Å². The molecule has 110 valence electrons. The Morgan fingerprint density at radius 2 is 1.95 bits per heavy atom. The second kappa shape index (κ2) is 6.48. The summed E-state index contributed by atoms with van der Waals surface area (Å²) in [6, 6.07) is 11.8. The highest BCUT2D eigenvalue weighted by Crippen LogP contribution is 2.37. The van der Waals surface area contributed by atoms with Crippen molar-refractivity contribution < 1.29 is 4.74 Å². The molecule has 4 heteroatoms. The molecule has 0 saturated heterocycles. The third-order valence-electron chi connectivity index (χ3n) is 3.82. The highest BCUT2D eigenvalue weighted by molar-refractivity contribution is 6.31. The fraction of sp³-hybridized carbons (Fsp3) is 0.294. The minimum Gasteiger partial charge on any atom is -0.493 e. The maximum atomic E-state index is 6.30. The number of fused-ring (bicyclic) bond motifs is 1. The van der Waals surface area contributed by atoms with Crippen molar-refractivity contribution in [2.75, 3.05) is 12.5 Å². The highest BCUT2D eigenvalue weighted by Gasteiger charge is 2.21. The minimum absolute atomic E-state index is 0.145. The first-order valence-electron chi connectivity index (χ1n) is 6.93. The summed E-state index contributed by atoms with van der Waals surface area (Å²) in [6.45, 7) is 0.723. The summed E-state index contributed by atoms with van der Waals surface area (Å²) in [5.74, 6) is 1.62. The van der Waals surface area contributed by atoms with E-state index in [2.05, 4.69) is 0 Å². The first-order chi connectivity index (χ1) is 10.2. The van der Waals surface area contributed by atoms with Crippen LogP contribution >= 0.6 is 34.8 Å². The van der Waals surface area contributed by atoms with Gasteiger partial charge in [-0.3, -0.25) is 0 Å². The van der Waals surface area contributed by atoms with Crippen molar-refractivity contribution in [1.82, 2.24) is 0 Å². The van der Waals surface area contributed by atoms with Gasteiger partial charge in [-0.15, -0.1) is 11.6 Å². The smallest absolute Gasteiger partial charge is 0.125 e. The molecule has 0 aromatic heterocycles. The Morgan fingerprint density at radius 1 is 1.14 bits per heavy atom. The molecule has 0 radical (unpaired) electrons. The van der Waals surface area contributed by atoms with E-state index in [4.69, 9.17) is 39.5 Å². The lowest BCUT2D eigenvalue weighted by Crippen LogP contribution is -2.06. The molecular weight excluding hydrogens is 327 g/mol. The second-order valence-electron chi connectivity index (χ2n) is 5.23. The summed E-state index contributed by atoms with van der Waals surface area (Å²) in [4.78, 5) is 0. The standard InChI is InChI=1S/C17H15Cl3O/c18-10-13(15-3-1-2-4-16(15)20)7-12-9-14(19)8-11-5-6-21-17(11)12/h1-4,8-9,13H,5-7,10H2. The molecule has 1 nitrogen and oxygen atoms in total.